The van der Waals surface area contributed by atoms with Crippen LogP contribution < -0.4 is 15.4 Å². The molecule has 0 aromatic carbocycles. The van der Waals surface area contributed by atoms with Crippen molar-refractivity contribution in [3.05, 3.63) is 22.2 Å². The first kappa shape index (κ1) is 13.5. The van der Waals surface area contributed by atoms with E-state index in [9.17, 15) is 10.1 Å². The monoisotopic (exact) mass is 266 g/mol. The van der Waals surface area contributed by atoms with Crippen molar-refractivity contribution in [1.82, 2.24) is 10.3 Å². The average Bonchev–Trinajstić information content (AvgIpc) is 2.91. The molecule has 19 heavy (non-hydrogen) atoms. The number of nitrogens with zero attached hydrogens (tertiary/aromatic N) is 2. The van der Waals surface area contributed by atoms with Gasteiger partial charge in [0.25, 0.3) is 0 Å². The number of ether oxygens (including phenoxy) is 1. The summed E-state index contributed by atoms with van der Waals surface area (Å²) in [5, 5.41) is 17.3. The second-order valence-corrected chi connectivity index (χ2v) is 4.49. The molecule has 0 spiro atoms. The summed E-state index contributed by atoms with van der Waals surface area (Å²) in [6.45, 7) is 1.71. The lowest BCUT2D eigenvalue weighted by atomic mass is 10.1. The van der Waals surface area contributed by atoms with Crippen LogP contribution in [0.1, 0.15) is 19.3 Å². The Labute approximate surface area is 111 Å². The molecule has 7 heteroatoms. The maximum absolute atomic E-state index is 10.9. The molecular formula is C12H18N4O3. The molecule has 0 bridgehead atoms. The molecule has 0 saturated carbocycles. The Morgan fingerprint density at radius 1 is 1.63 bits per heavy atom. The Morgan fingerprint density at radius 2 is 2.47 bits per heavy atom. The van der Waals surface area contributed by atoms with Crippen LogP contribution in [-0.2, 0) is 0 Å². The Bertz CT molecular complexity index is 447. The predicted octanol–water partition coefficient (Wildman–Crippen LogP) is 1.55. The molecule has 1 saturated heterocycles. The molecule has 2 heterocycles. The minimum absolute atomic E-state index is 0.0276. The van der Waals surface area contributed by atoms with Gasteiger partial charge >= 0.3 is 5.69 Å². The molecule has 2 N–H and O–H groups in total. The van der Waals surface area contributed by atoms with Gasteiger partial charge in [-0.15, -0.1) is 0 Å². The second-order valence-electron chi connectivity index (χ2n) is 4.49. The van der Waals surface area contributed by atoms with E-state index in [0.717, 1.165) is 19.4 Å². The second kappa shape index (κ2) is 6.33. The van der Waals surface area contributed by atoms with E-state index in [4.69, 9.17) is 4.74 Å². The summed E-state index contributed by atoms with van der Waals surface area (Å²) in [5.41, 5.74) is -0.0276. The van der Waals surface area contributed by atoms with Crippen LogP contribution in [0, 0.1) is 10.1 Å². The third-order valence-electron chi connectivity index (χ3n) is 3.20. The SMILES string of the molecule is COc1ccc([N+](=O)[O-])c(NCC[C@@H]2CCCN2)n1. The summed E-state index contributed by atoms with van der Waals surface area (Å²) in [5.74, 6) is 0.634. The highest BCUT2D eigenvalue weighted by Gasteiger charge is 2.17. The summed E-state index contributed by atoms with van der Waals surface area (Å²) in [6.07, 6.45) is 3.29. The highest BCUT2D eigenvalue weighted by Crippen LogP contribution is 2.24. The lowest BCUT2D eigenvalue weighted by Gasteiger charge is -2.11. The van der Waals surface area contributed by atoms with E-state index in [-0.39, 0.29) is 11.5 Å². The number of hydrogen-bond donors (Lipinski definition) is 2. The lowest BCUT2D eigenvalue weighted by Crippen LogP contribution is -2.24. The molecule has 1 aliphatic rings. The van der Waals surface area contributed by atoms with Crippen molar-refractivity contribution in [2.75, 3.05) is 25.5 Å². The molecule has 1 fully saturated rings. The molecule has 1 aromatic heterocycles. The standard InChI is InChI=1S/C12H18N4O3/c1-19-11-5-4-10(16(17)18)12(15-11)14-8-6-9-3-2-7-13-9/h4-5,9,13H,2-3,6-8H2,1H3,(H,14,15)/t9-/m0/s1. The molecule has 0 unspecified atom stereocenters. The first-order chi connectivity index (χ1) is 9.20. The maximum Gasteiger partial charge on any atom is 0.311 e. The van der Waals surface area contributed by atoms with Crippen LogP contribution in [0.3, 0.4) is 0 Å². The van der Waals surface area contributed by atoms with E-state index < -0.39 is 4.92 Å². The van der Waals surface area contributed by atoms with Gasteiger partial charge in [-0.3, -0.25) is 10.1 Å². The van der Waals surface area contributed by atoms with Crippen molar-refractivity contribution >= 4 is 11.5 Å². The van der Waals surface area contributed by atoms with Gasteiger partial charge in [-0.2, -0.15) is 4.98 Å². The minimum Gasteiger partial charge on any atom is -0.481 e. The number of nitro groups is 1. The van der Waals surface area contributed by atoms with Gasteiger partial charge in [0.2, 0.25) is 11.7 Å². The van der Waals surface area contributed by atoms with Crippen molar-refractivity contribution in [3.63, 3.8) is 0 Å². The van der Waals surface area contributed by atoms with Crippen molar-refractivity contribution in [1.29, 1.82) is 0 Å². The fraction of sp³-hybridized carbons (Fsp3) is 0.583. The largest absolute Gasteiger partial charge is 0.481 e. The van der Waals surface area contributed by atoms with Gasteiger partial charge < -0.3 is 15.4 Å². The number of nitrogens with one attached hydrogen (secondary N) is 2. The zero-order valence-electron chi connectivity index (χ0n) is 10.9. The zero-order chi connectivity index (χ0) is 13.7. The van der Waals surface area contributed by atoms with Gasteiger partial charge in [0, 0.05) is 24.7 Å². The molecule has 0 aliphatic carbocycles. The van der Waals surface area contributed by atoms with Gasteiger partial charge in [0.1, 0.15) is 0 Å². The van der Waals surface area contributed by atoms with E-state index >= 15 is 0 Å². The summed E-state index contributed by atoms with van der Waals surface area (Å²) >= 11 is 0. The molecular weight excluding hydrogens is 248 g/mol. The van der Waals surface area contributed by atoms with Crippen molar-refractivity contribution in [2.45, 2.75) is 25.3 Å². The molecule has 2 rings (SSSR count). The van der Waals surface area contributed by atoms with Gasteiger partial charge in [-0.25, -0.2) is 0 Å². The topological polar surface area (TPSA) is 89.3 Å². The highest BCUT2D eigenvalue weighted by atomic mass is 16.6. The average molecular weight is 266 g/mol. The third-order valence-corrected chi connectivity index (χ3v) is 3.20. The maximum atomic E-state index is 10.9. The van der Waals surface area contributed by atoms with E-state index in [0.29, 0.717) is 18.5 Å². The number of methoxy groups -OCH3 is 1. The predicted molar refractivity (Wildman–Crippen MR) is 71.6 cm³/mol. The van der Waals surface area contributed by atoms with Crippen LogP contribution in [0.4, 0.5) is 11.5 Å². The first-order valence-corrected chi connectivity index (χ1v) is 6.37. The van der Waals surface area contributed by atoms with Crippen LogP contribution in [0.5, 0.6) is 5.88 Å². The normalized spacial score (nSPS) is 18.3. The quantitative estimate of drug-likeness (QED) is 0.600. The molecule has 1 aliphatic heterocycles. The summed E-state index contributed by atoms with van der Waals surface area (Å²) < 4.78 is 4.98. The Morgan fingerprint density at radius 3 is 3.11 bits per heavy atom. The zero-order valence-corrected chi connectivity index (χ0v) is 10.9. The van der Waals surface area contributed by atoms with E-state index in [1.54, 1.807) is 0 Å². The third kappa shape index (κ3) is 3.54. The van der Waals surface area contributed by atoms with Crippen molar-refractivity contribution in [3.8, 4) is 5.88 Å². The number of hydrogen-bond acceptors (Lipinski definition) is 6. The Balaban J connectivity index is 1.98. The van der Waals surface area contributed by atoms with Crippen LogP contribution in [0.15, 0.2) is 12.1 Å². The van der Waals surface area contributed by atoms with E-state index in [1.807, 2.05) is 0 Å². The van der Waals surface area contributed by atoms with Gasteiger partial charge in [-0.05, 0) is 25.8 Å². The first-order valence-electron chi connectivity index (χ1n) is 6.37. The van der Waals surface area contributed by atoms with Crippen LogP contribution in [0.25, 0.3) is 0 Å². The molecule has 104 valence electrons. The minimum atomic E-state index is -0.442. The van der Waals surface area contributed by atoms with Crippen LogP contribution >= 0.6 is 0 Å². The number of aromatic nitrogens is 1. The lowest BCUT2D eigenvalue weighted by molar-refractivity contribution is -0.384. The number of anilines is 1. The fourth-order valence-electron chi connectivity index (χ4n) is 2.19. The van der Waals surface area contributed by atoms with Gasteiger partial charge in [-0.1, -0.05) is 0 Å². The summed E-state index contributed by atoms with van der Waals surface area (Å²) in [4.78, 5) is 14.6. The van der Waals surface area contributed by atoms with Gasteiger partial charge in [0.05, 0.1) is 12.0 Å². The Hall–Kier alpha value is -1.89. The Kier molecular flexibility index (Phi) is 4.51. The van der Waals surface area contributed by atoms with E-state index in [1.165, 1.54) is 25.7 Å². The van der Waals surface area contributed by atoms with Crippen molar-refractivity contribution < 1.29 is 9.66 Å². The fourth-order valence-corrected chi connectivity index (χ4v) is 2.19. The molecule has 1 aromatic rings. The summed E-state index contributed by atoms with van der Waals surface area (Å²) in [6, 6.07) is 3.39. The van der Waals surface area contributed by atoms with Crippen LogP contribution in [-0.4, -0.2) is 36.1 Å². The number of rotatable bonds is 6. The highest BCUT2D eigenvalue weighted by molar-refractivity contribution is 5.56. The van der Waals surface area contributed by atoms with Crippen molar-refractivity contribution in [2.24, 2.45) is 0 Å². The molecule has 7 nitrogen and oxygen atoms in total. The van der Waals surface area contributed by atoms with Gasteiger partial charge in [0.15, 0.2) is 0 Å². The molecule has 0 amide bonds. The van der Waals surface area contributed by atoms with E-state index in [2.05, 4.69) is 15.6 Å². The van der Waals surface area contributed by atoms with Crippen LogP contribution in [0.2, 0.25) is 0 Å². The molecule has 1 atom stereocenters. The smallest absolute Gasteiger partial charge is 0.311 e. The molecule has 0 radical (unpaired) electrons. The summed E-state index contributed by atoms with van der Waals surface area (Å²) in [7, 11) is 1.49. The number of pyridine rings is 1.